The standard InChI is InChI=1S/C24H33FN2O4S/c1-3-31-23(28)15-6-4-5-9-16-26-24-19-12-7-8-14-21(19)27(2)32(29,30)22-17-18(25)11-10-13-20(22)24/h8,10,13-14,17,24,26H,3-7,9,11-12,15-16H2,1-2H3. The van der Waals surface area contributed by atoms with Gasteiger partial charge in [0.05, 0.1) is 23.3 Å². The lowest BCUT2D eigenvalue weighted by atomic mass is 9.89. The molecule has 0 bridgehead atoms. The van der Waals surface area contributed by atoms with Crippen molar-refractivity contribution in [2.45, 2.75) is 64.3 Å². The molecule has 0 fully saturated rings. The third-order valence-electron chi connectivity index (χ3n) is 5.97. The topological polar surface area (TPSA) is 75.7 Å². The van der Waals surface area contributed by atoms with Crippen molar-refractivity contribution < 1.29 is 22.3 Å². The number of hydrogen-bond acceptors (Lipinski definition) is 5. The van der Waals surface area contributed by atoms with Crippen molar-refractivity contribution in [2.75, 3.05) is 20.2 Å². The van der Waals surface area contributed by atoms with Crippen LogP contribution in [0.2, 0.25) is 0 Å². The fourth-order valence-electron chi connectivity index (χ4n) is 4.32. The maximum atomic E-state index is 14.3. The van der Waals surface area contributed by atoms with Crippen LogP contribution in [0.4, 0.5) is 4.39 Å². The van der Waals surface area contributed by atoms with E-state index in [1.54, 1.807) is 19.1 Å². The predicted molar refractivity (Wildman–Crippen MR) is 124 cm³/mol. The highest BCUT2D eigenvalue weighted by Gasteiger charge is 2.37. The highest BCUT2D eigenvalue weighted by atomic mass is 32.2. The Morgan fingerprint density at radius 2 is 2.00 bits per heavy atom. The zero-order valence-electron chi connectivity index (χ0n) is 18.9. The van der Waals surface area contributed by atoms with Gasteiger partial charge in [0, 0.05) is 19.9 Å². The second kappa shape index (κ2) is 11.1. The van der Waals surface area contributed by atoms with Gasteiger partial charge in [-0.3, -0.25) is 9.10 Å². The lowest BCUT2D eigenvalue weighted by Gasteiger charge is -2.27. The number of nitrogens with one attached hydrogen (secondary N) is 1. The highest BCUT2D eigenvalue weighted by Crippen LogP contribution is 2.38. The van der Waals surface area contributed by atoms with Gasteiger partial charge < -0.3 is 10.1 Å². The van der Waals surface area contributed by atoms with Crippen LogP contribution >= 0.6 is 0 Å². The molecule has 3 aliphatic rings. The van der Waals surface area contributed by atoms with Crippen LogP contribution < -0.4 is 5.32 Å². The van der Waals surface area contributed by atoms with Crippen molar-refractivity contribution in [3.05, 3.63) is 58.0 Å². The van der Waals surface area contributed by atoms with E-state index in [4.69, 9.17) is 4.74 Å². The molecule has 1 unspecified atom stereocenters. The van der Waals surface area contributed by atoms with E-state index in [-0.39, 0.29) is 23.3 Å². The largest absolute Gasteiger partial charge is 0.466 e. The molecule has 1 N–H and O–H groups in total. The molecule has 8 heteroatoms. The number of hydrogen-bond donors (Lipinski definition) is 1. The fraction of sp³-hybridized carbons (Fsp3) is 0.542. The Morgan fingerprint density at radius 1 is 1.22 bits per heavy atom. The quantitative estimate of drug-likeness (QED) is 0.404. The van der Waals surface area contributed by atoms with Crippen molar-refractivity contribution >= 4 is 16.0 Å². The number of halogens is 1. The molecule has 0 saturated carbocycles. The van der Waals surface area contributed by atoms with Gasteiger partial charge in [0.15, 0.2) is 0 Å². The second-order valence-corrected chi connectivity index (χ2v) is 10.1. The molecule has 1 atom stereocenters. The lowest BCUT2D eigenvalue weighted by Crippen LogP contribution is -2.35. The summed E-state index contributed by atoms with van der Waals surface area (Å²) >= 11 is 0. The number of carbonyl (C=O) groups excluding carboxylic acids is 1. The third kappa shape index (κ3) is 5.59. The van der Waals surface area contributed by atoms with Gasteiger partial charge in [-0.2, -0.15) is 0 Å². The number of carbonyl (C=O) groups is 1. The minimum atomic E-state index is -3.86. The SMILES string of the molecule is CCOC(=O)CCCCCCNC1C2=C(C=C(F)CC=C2)S(=O)(=O)N(C)C2=C1CCC=C2. The van der Waals surface area contributed by atoms with Crippen molar-refractivity contribution in [1.82, 2.24) is 9.62 Å². The summed E-state index contributed by atoms with van der Waals surface area (Å²) in [6.45, 7) is 2.91. The van der Waals surface area contributed by atoms with E-state index in [1.165, 1.54) is 17.4 Å². The predicted octanol–water partition coefficient (Wildman–Crippen LogP) is 4.40. The Kier molecular flexibility index (Phi) is 8.48. The summed E-state index contributed by atoms with van der Waals surface area (Å²) < 4.78 is 47.1. The van der Waals surface area contributed by atoms with Crippen LogP contribution in [-0.4, -0.2) is 44.9 Å². The Morgan fingerprint density at radius 3 is 2.78 bits per heavy atom. The first-order valence-electron chi connectivity index (χ1n) is 11.4. The Balaban J connectivity index is 1.75. The van der Waals surface area contributed by atoms with Gasteiger partial charge in [0.1, 0.15) is 5.83 Å². The van der Waals surface area contributed by atoms with Crippen LogP contribution in [-0.2, 0) is 19.6 Å². The van der Waals surface area contributed by atoms with E-state index < -0.39 is 15.9 Å². The maximum absolute atomic E-state index is 14.3. The van der Waals surface area contributed by atoms with Gasteiger partial charge in [0.25, 0.3) is 10.0 Å². The first kappa shape index (κ1) is 24.5. The Hall–Kier alpha value is -2.19. The van der Waals surface area contributed by atoms with Crippen LogP contribution in [0.3, 0.4) is 0 Å². The van der Waals surface area contributed by atoms with E-state index in [0.717, 1.165) is 44.1 Å². The molecule has 6 nitrogen and oxygen atoms in total. The van der Waals surface area contributed by atoms with Gasteiger partial charge in [-0.15, -0.1) is 0 Å². The average molecular weight is 465 g/mol. The molecular formula is C24H33FN2O4S. The van der Waals surface area contributed by atoms with Gasteiger partial charge in [0.2, 0.25) is 0 Å². The summed E-state index contributed by atoms with van der Waals surface area (Å²) in [6, 6.07) is -0.289. The third-order valence-corrected chi connectivity index (χ3v) is 7.79. The highest BCUT2D eigenvalue weighted by molar-refractivity contribution is 7.93. The van der Waals surface area contributed by atoms with E-state index in [1.807, 2.05) is 12.2 Å². The molecule has 32 heavy (non-hydrogen) atoms. The summed E-state index contributed by atoms with van der Waals surface area (Å²) in [5, 5.41) is 3.55. The number of rotatable bonds is 9. The lowest BCUT2D eigenvalue weighted by molar-refractivity contribution is -0.143. The Labute approximate surface area is 190 Å². The molecule has 0 saturated heterocycles. The van der Waals surface area contributed by atoms with Crippen LogP contribution in [0.25, 0.3) is 0 Å². The summed E-state index contributed by atoms with van der Waals surface area (Å²) in [7, 11) is -2.32. The molecule has 0 aromatic heterocycles. The number of esters is 1. The summed E-state index contributed by atoms with van der Waals surface area (Å²) in [5.74, 6) is -0.613. The number of nitrogens with zero attached hydrogens (tertiary/aromatic N) is 1. The molecule has 1 aliphatic heterocycles. The molecule has 0 aromatic rings. The summed E-state index contributed by atoms with van der Waals surface area (Å²) in [4.78, 5) is 11.5. The number of sulfonamides is 1. The van der Waals surface area contributed by atoms with Crippen LogP contribution in [0, 0.1) is 0 Å². The molecule has 0 radical (unpaired) electrons. The molecule has 0 aromatic carbocycles. The molecular weight excluding hydrogens is 431 g/mol. The molecule has 1 heterocycles. The molecule has 0 spiro atoms. The fourth-order valence-corrected chi connectivity index (χ4v) is 5.81. The first-order valence-corrected chi connectivity index (χ1v) is 12.8. The molecule has 3 rings (SSSR count). The van der Waals surface area contributed by atoms with Crippen molar-refractivity contribution in [1.29, 1.82) is 0 Å². The van der Waals surface area contributed by atoms with Crippen LogP contribution in [0.5, 0.6) is 0 Å². The van der Waals surface area contributed by atoms with E-state index in [0.29, 0.717) is 30.8 Å². The number of unbranched alkanes of at least 4 members (excludes halogenated alkanes) is 3. The van der Waals surface area contributed by atoms with E-state index in [2.05, 4.69) is 5.32 Å². The van der Waals surface area contributed by atoms with Gasteiger partial charge in [-0.05, 0) is 62.5 Å². The number of allylic oxidation sites excluding steroid dienone is 5. The molecule has 0 amide bonds. The Bertz CT molecular complexity index is 976. The summed E-state index contributed by atoms with van der Waals surface area (Å²) in [5.41, 5.74) is 2.29. The first-order chi connectivity index (χ1) is 15.4. The van der Waals surface area contributed by atoms with Crippen LogP contribution in [0.15, 0.2) is 58.0 Å². The minimum absolute atomic E-state index is 0.0287. The monoisotopic (exact) mass is 464 g/mol. The maximum Gasteiger partial charge on any atom is 0.305 e. The number of likely N-dealkylation sites (N-methyl/N-ethyl adjacent to an activating group) is 1. The zero-order chi connectivity index (χ0) is 23.1. The smallest absolute Gasteiger partial charge is 0.305 e. The molecule has 176 valence electrons. The molecule has 2 aliphatic carbocycles. The average Bonchev–Trinajstić information content (AvgIpc) is 2.99. The summed E-state index contributed by atoms with van der Waals surface area (Å²) in [6.07, 6.45) is 14.2. The van der Waals surface area contributed by atoms with E-state index >= 15 is 0 Å². The van der Waals surface area contributed by atoms with Gasteiger partial charge in [-0.25, -0.2) is 12.8 Å². The normalized spacial score (nSPS) is 22.2. The van der Waals surface area contributed by atoms with Crippen molar-refractivity contribution in [2.24, 2.45) is 0 Å². The number of ether oxygens (including phenoxy) is 1. The van der Waals surface area contributed by atoms with Crippen molar-refractivity contribution in [3.8, 4) is 0 Å². The van der Waals surface area contributed by atoms with Crippen molar-refractivity contribution in [3.63, 3.8) is 0 Å². The van der Waals surface area contributed by atoms with Crippen LogP contribution in [0.1, 0.15) is 58.3 Å². The van der Waals surface area contributed by atoms with Gasteiger partial charge in [-0.1, -0.05) is 31.1 Å². The van der Waals surface area contributed by atoms with Gasteiger partial charge >= 0.3 is 5.97 Å². The van der Waals surface area contributed by atoms with E-state index in [9.17, 15) is 17.6 Å². The second-order valence-electron chi connectivity index (χ2n) is 8.20. The zero-order valence-corrected chi connectivity index (χ0v) is 19.7. The minimum Gasteiger partial charge on any atom is -0.466 e.